The Kier molecular flexibility index (Phi) is 5.02. The molecular weight excluding hydrogens is 259 g/mol. The van der Waals surface area contributed by atoms with Gasteiger partial charge in [0.1, 0.15) is 5.82 Å². The highest BCUT2D eigenvalue weighted by atomic mass is 35.5. The summed E-state index contributed by atoms with van der Waals surface area (Å²) in [6, 6.07) is 0.276. The minimum absolute atomic E-state index is 0. The third-order valence-electron chi connectivity index (χ3n) is 3.30. The molecule has 1 atom stereocenters. The monoisotopic (exact) mass is 276 g/mol. The van der Waals surface area contributed by atoms with E-state index in [0.717, 1.165) is 36.3 Å². The summed E-state index contributed by atoms with van der Waals surface area (Å²) < 4.78 is 1.86. The van der Waals surface area contributed by atoms with Gasteiger partial charge in [-0.15, -0.1) is 24.0 Å². The Morgan fingerprint density at radius 1 is 1.53 bits per heavy atom. The van der Waals surface area contributed by atoms with Gasteiger partial charge in [-0.2, -0.15) is 0 Å². The molecule has 2 rings (SSSR count). The van der Waals surface area contributed by atoms with Gasteiger partial charge in [-0.3, -0.25) is 9.36 Å². The number of hydrogen-bond donors (Lipinski definition) is 0. The predicted molar refractivity (Wildman–Crippen MR) is 72.6 cm³/mol. The number of alkyl halides is 1. The number of aromatic nitrogens is 2. The first-order valence-electron chi connectivity index (χ1n) is 5.82. The van der Waals surface area contributed by atoms with Crippen molar-refractivity contribution in [1.29, 1.82) is 0 Å². The highest BCUT2D eigenvalue weighted by Crippen LogP contribution is 2.21. The van der Waals surface area contributed by atoms with Crippen LogP contribution in [0.4, 0.5) is 0 Å². The van der Waals surface area contributed by atoms with Gasteiger partial charge in [-0.1, -0.05) is 0 Å². The van der Waals surface area contributed by atoms with Crippen LogP contribution in [0.15, 0.2) is 4.79 Å². The first-order chi connectivity index (χ1) is 7.65. The van der Waals surface area contributed by atoms with Crippen LogP contribution >= 0.6 is 24.0 Å². The average Bonchev–Trinajstić information content (AvgIpc) is 2.24. The normalized spacial score (nSPS) is 18.4. The Hall–Kier alpha value is -0.540. The predicted octanol–water partition coefficient (Wildman–Crippen LogP) is 2.65. The van der Waals surface area contributed by atoms with Crippen LogP contribution in [0.1, 0.15) is 42.9 Å². The summed E-state index contributed by atoms with van der Waals surface area (Å²) in [5.41, 5.74) is 1.76. The quantitative estimate of drug-likeness (QED) is 0.779. The molecule has 0 radical (unpaired) electrons. The maximum Gasteiger partial charge on any atom is 0.257 e. The SMILES string of the molecule is Cc1nc2n(c(=O)c1CCCl)C(C)CCC2.Cl. The van der Waals surface area contributed by atoms with Gasteiger partial charge in [0, 0.05) is 29.6 Å². The lowest BCUT2D eigenvalue weighted by Crippen LogP contribution is -2.34. The Labute approximate surface area is 113 Å². The van der Waals surface area contributed by atoms with E-state index in [1.807, 2.05) is 11.5 Å². The topological polar surface area (TPSA) is 34.9 Å². The van der Waals surface area contributed by atoms with Gasteiger partial charge in [0.25, 0.3) is 5.56 Å². The fraction of sp³-hybridized carbons (Fsp3) is 0.667. The molecular formula is C12H18Cl2N2O. The molecule has 1 aromatic rings. The average molecular weight is 277 g/mol. The minimum Gasteiger partial charge on any atom is -0.294 e. The summed E-state index contributed by atoms with van der Waals surface area (Å²) in [4.78, 5) is 16.8. The number of hydrogen-bond acceptors (Lipinski definition) is 2. The van der Waals surface area contributed by atoms with Gasteiger partial charge in [0.2, 0.25) is 0 Å². The number of fused-ring (bicyclic) bond motifs is 1. The van der Waals surface area contributed by atoms with Crippen molar-refractivity contribution in [2.24, 2.45) is 0 Å². The van der Waals surface area contributed by atoms with Gasteiger partial charge in [-0.05, 0) is 33.1 Å². The molecule has 3 nitrogen and oxygen atoms in total. The van der Waals surface area contributed by atoms with Crippen LogP contribution in [0.25, 0.3) is 0 Å². The second kappa shape index (κ2) is 5.87. The van der Waals surface area contributed by atoms with Crippen LogP contribution in [-0.2, 0) is 12.8 Å². The smallest absolute Gasteiger partial charge is 0.257 e. The summed E-state index contributed by atoms with van der Waals surface area (Å²) in [7, 11) is 0. The fourth-order valence-corrected chi connectivity index (χ4v) is 2.62. The molecule has 2 heterocycles. The van der Waals surface area contributed by atoms with Crippen LogP contribution < -0.4 is 5.56 Å². The van der Waals surface area contributed by atoms with Crippen molar-refractivity contribution in [2.45, 2.75) is 45.6 Å². The lowest BCUT2D eigenvalue weighted by Gasteiger charge is -2.25. The van der Waals surface area contributed by atoms with Gasteiger partial charge in [0.15, 0.2) is 0 Å². The van der Waals surface area contributed by atoms with Gasteiger partial charge < -0.3 is 0 Å². The number of aryl methyl sites for hydroxylation is 2. The lowest BCUT2D eigenvalue weighted by atomic mass is 10.0. The second-order valence-corrected chi connectivity index (χ2v) is 4.83. The molecule has 96 valence electrons. The molecule has 0 aliphatic carbocycles. The fourth-order valence-electron chi connectivity index (χ4n) is 2.43. The van der Waals surface area contributed by atoms with Crippen molar-refractivity contribution in [3.63, 3.8) is 0 Å². The van der Waals surface area contributed by atoms with Crippen LogP contribution in [0, 0.1) is 6.92 Å². The summed E-state index contributed by atoms with van der Waals surface area (Å²) in [6.45, 7) is 3.99. The summed E-state index contributed by atoms with van der Waals surface area (Å²) in [5.74, 6) is 1.42. The Bertz CT molecular complexity index is 457. The standard InChI is InChI=1S/C12H17ClN2O.ClH/c1-8-4-3-5-11-14-9(2)10(6-7-13)12(16)15(8)11;/h8H,3-7H2,1-2H3;1H. The molecule has 1 aromatic heterocycles. The van der Waals surface area contributed by atoms with E-state index in [0.29, 0.717) is 12.3 Å². The summed E-state index contributed by atoms with van der Waals surface area (Å²) in [5, 5.41) is 0. The minimum atomic E-state index is 0. The summed E-state index contributed by atoms with van der Waals surface area (Å²) in [6.07, 6.45) is 3.73. The number of halogens is 2. The van der Waals surface area contributed by atoms with Gasteiger partial charge in [-0.25, -0.2) is 4.98 Å². The Morgan fingerprint density at radius 3 is 2.88 bits per heavy atom. The van der Waals surface area contributed by atoms with E-state index in [9.17, 15) is 4.79 Å². The van der Waals surface area contributed by atoms with E-state index in [1.54, 1.807) is 0 Å². The van der Waals surface area contributed by atoms with Crippen molar-refractivity contribution in [3.8, 4) is 0 Å². The van der Waals surface area contributed by atoms with E-state index in [1.165, 1.54) is 0 Å². The van der Waals surface area contributed by atoms with E-state index in [-0.39, 0.29) is 24.0 Å². The van der Waals surface area contributed by atoms with Crippen molar-refractivity contribution in [1.82, 2.24) is 9.55 Å². The maximum atomic E-state index is 12.3. The second-order valence-electron chi connectivity index (χ2n) is 4.45. The van der Waals surface area contributed by atoms with E-state index in [4.69, 9.17) is 11.6 Å². The van der Waals surface area contributed by atoms with E-state index >= 15 is 0 Å². The van der Waals surface area contributed by atoms with E-state index in [2.05, 4.69) is 11.9 Å². The molecule has 0 saturated heterocycles. The zero-order valence-electron chi connectivity index (χ0n) is 10.2. The van der Waals surface area contributed by atoms with Gasteiger partial charge in [0.05, 0.1) is 0 Å². The zero-order valence-corrected chi connectivity index (χ0v) is 11.8. The molecule has 5 heteroatoms. The third-order valence-corrected chi connectivity index (χ3v) is 3.49. The van der Waals surface area contributed by atoms with Crippen molar-refractivity contribution in [2.75, 3.05) is 5.88 Å². The molecule has 0 fully saturated rings. The third kappa shape index (κ3) is 2.66. The largest absolute Gasteiger partial charge is 0.294 e. The molecule has 0 amide bonds. The van der Waals surface area contributed by atoms with Crippen molar-refractivity contribution >= 4 is 24.0 Å². The van der Waals surface area contributed by atoms with Crippen LogP contribution in [0.2, 0.25) is 0 Å². The first-order valence-corrected chi connectivity index (χ1v) is 6.35. The van der Waals surface area contributed by atoms with Crippen LogP contribution in [-0.4, -0.2) is 15.4 Å². The van der Waals surface area contributed by atoms with Crippen LogP contribution in [0.5, 0.6) is 0 Å². The van der Waals surface area contributed by atoms with E-state index < -0.39 is 0 Å². The maximum absolute atomic E-state index is 12.3. The molecule has 1 unspecified atom stereocenters. The van der Waals surface area contributed by atoms with Gasteiger partial charge >= 0.3 is 0 Å². The van der Waals surface area contributed by atoms with Crippen LogP contribution in [0.3, 0.4) is 0 Å². The molecule has 0 aromatic carbocycles. The Balaban J connectivity index is 0.00000144. The Morgan fingerprint density at radius 2 is 2.24 bits per heavy atom. The number of nitrogens with zero attached hydrogens (tertiary/aromatic N) is 2. The molecule has 0 N–H and O–H groups in total. The molecule has 1 aliphatic heterocycles. The van der Waals surface area contributed by atoms with Crippen molar-refractivity contribution < 1.29 is 0 Å². The molecule has 0 spiro atoms. The lowest BCUT2D eigenvalue weighted by molar-refractivity contribution is 0.401. The molecule has 1 aliphatic rings. The first kappa shape index (κ1) is 14.5. The number of rotatable bonds is 2. The molecule has 0 saturated carbocycles. The zero-order chi connectivity index (χ0) is 11.7. The highest BCUT2D eigenvalue weighted by Gasteiger charge is 2.21. The molecule has 17 heavy (non-hydrogen) atoms. The van der Waals surface area contributed by atoms with Crippen molar-refractivity contribution in [3.05, 3.63) is 27.4 Å². The molecule has 0 bridgehead atoms. The highest BCUT2D eigenvalue weighted by molar-refractivity contribution is 6.17. The summed E-state index contributed by atoms with van der Waals surface area (Å²) >= 11 is 5.72.